The van der Waals surface area contributed by atoms with Gasteiger partial charge in [-0.1, -0.05) is 24.0 Å². The smallest absolute Gasteiger partial charge is 0.317 e. The van der Waals surface area contributed by atoms with Crippen molar-refractivity contribution >= 4 is 6.03 Å². The number of aliphatic hydroxyl groups is 1. The second-order valence-corrected chi connectivity index (χ2v) is 5.18. The van der Waals surface area contributed by atoms with E-state index in [-0.39, 0.29) is 12.6 Å². The SMILES string of the molecule is O=C(NCc1cccc(C#CCCO)c1)N1CCCCC1. The Labute approximate surface area is 126 Å². The highest BCUT2D eigenvalue weighted by Gasteiger charge is 2.15. The molecule has 21 heavy (non-hydrogen) atoms. The first-order valence-electron chi connectivity index (χ1n) is 7.51. The van der Waals surface area contributed by atoms with Crippen molar-refractivity contribution in [3.8, 4) is 11.8 Å². The van der Waals surface area contributed by atoms with Crippen LogP contribution in [-0.4, -0.2) is 35.7 Å². The molecule has 1 aromatic carbocycles. The summed E-state index contributed by atoms with van der Waals surface area (Å²) in [6.45, 7) is 2.32. The van der Waals surface area contributed by atoms with Gasteiger partial charge in [-0.25, -0.2) is 4.79 Å². The van der Waals surface area contributed by atoms with E-state index in [0.717, 1.165) is 37.1 Å². The summed E-state index contributed by atoms with van der Waals surface area (Å²) in [7, 11) is 0. The molecule has 0 bridgehead atoms. The lowest BCUT2D eigenvalue weighted by Gasteiger charge is -2.26. The van der Waals surface area contributed by atoms with E-state index in [1.807, 2.05) is 29.2 Å². The second-order valence-electron chi connectivity index (χ2n) is 5.18. The third-order valence-corrected chi connectivity index (χ3v) is 3.48. The van der Waals surface area contributed by atoms with Crippen LogP contribution in [0.3, 0.4) is 0 Å². The molecule has 112 valence electrons. The van der Waals surface area contributed by atoms with Gasteiger partial charge in [0.2, 0.25) is 0 Å². The van der Waals surface area contributed by atoms with Gasteiger partial charge >= 0.3 is 6.03 Å². The number of aliphatic hydroxyl groups excluding tert-OH is 1. The maximum Gasteiger partial charge on any atom is 0.317 e. The van der Waals surface area contributed by atoms with Crippen LogP contribution in [0.15, 0.2) is 24.3 Å². The van der Waals surface area contributed by atoms with E-state index < -0.39 is 0 Å². The molecule has 4 nitrogen and oxygen atoms in total. The molecule has 0 unspecified atom stereocenters. The van der Waals surface area contributed by atoms with Crippen molar-refractivity contribution in [3.63, 3.8) is 0 Å². The molecule has 0 atom stereocenters. The van der Waals surface area contributed by atoms with E-state index in [1.54, 1.807) is 0 Å². The van der Waals surface area contributed by atoms with Crippen molar-refractivity contribution in [1.29, 1.82) is 0 Å². The van der Waals surface area contributed by atoms with Crippen molar-refractivity contribution in [2.75, 3.05) is 19.7 Å². The zero-order valence-electron chi connectivity index (χ0n) is 12.3. The molecule has 1 heterocycles. The molecule has 1 fully saturated rings. The van der Waals surface area contributed by atoms with Crippen molar-refractivity contribution in [2.24, 2.45) is 0 Å². The number of hydrogen-bond donors (Lipinski definition) is 2. The Morgan fingerprint density at radius 2 is 2.10 bits per heavy atom. The van der Waals surface area contributed by atoms with Gasteiger partial charge in [0, 0.05) is 31.6 Å². The quantitative estimate of drug-likeness (QED) is 0.836. The molecule has 0 aromatic heterocycles. The summed E-state index contributed by atoms with van der Waals surface area (Å²) in [4.78, 5) is 13.9. The molecule has 4 heteroatoms. The Balaban J connectivity index is 1.86. The van der Waals surface area contributed by atoms with Crippen LogP contribution in [0.5, 0.6) is 0 Å². The fraction of sp³-hybridized carbons (Fsp3) is 0.471. The molecule has 2 amide bonds. The Kier molecular flexibility index (Phi) is 6.11. The van der Waals surface area contributed by atoms with Gasteiger partial charge in [-0.2, -0.15) is 0 Å². The van der Waals surface area contributed by atoms with Gasteiger partial charge in [-0.3, -0.25) is 0 Å². The van der Waals surface area contributed by atoms with Crippen molar-refractivity contribution in [3.05, 3.63) is 35.4 Å². The number of urea groups is 1. The number of likely N-dealkylation sites (tertiary alicyclic amines) is 1. The summed E-state index contributed by atoms with van der Waals surface area (Å²) in [5.41, 5.74) is 1.95. The van der Waals surface area contributed by atoms with Gasteiger partial charge in [0.1, 0.15) is 0 Å². The topological polar surface area (TPSA) is 52.6 Å². The second kappa shape index (κ2) is 8.33. The zero-order chi connectivity index (χ0) is 14.9. The molecule has 0 aliphatic carbocycles. The minimum absolute atomic E-state index is 0.0199. The number of carbonyl (C=O) groups is 1. The Morgan fingerprint density at radius 3 is 2.86 bits per heavy atom. The molecular weight excluding hydrogens is 264 g/mol. The number of nitrogens with zero attached hydrogens (tertiary/aromatic N) is 1. The largest absolute Gasteiger partial charge is 0.395 e. The first-order chi connectivity index (χ1) is 10.3. The number of amides is 2. The van der Waals surface area contributed by atoms with Crippen molar-refractivity contribution in [2.45, 2.75) is 32.2 Å². The molecule has 0 saturated carbocycles. The monoisotopic (exact) mass is 286 g/mol. The van der Waals surface area contributed by atoms with Crippen molar-refractivity contribution < 1.29 is 9.90 Å². The molecule has 1 aromatic rings. The Bertz CT molecular complexity index is 525. The van der Waals surface area contributed by atoms with Gasteiger partial charge in [0.05, 0.1) is 6.61 Å². The van der Waals surface area contributed by atoms with Crippen LogP contribution < -0.4 is 5.32 Å². The zero-order valence-corrected chi connectivity index (χ0v) is 12.3. The standard InChI is InChI=1S/C17H22N2O2/c20-12-5-2-7-15-8-6-9-16(13-15)14-18-17(21)19-10-3-1-4-11-19/h6,8-9,13,20H,1,3-5,10-12,14H2,(H,18,21). The average Bonchev–Trinajstić information content (AvgIpc) is 2.54. The number of benzene rings is 1. The lowest BCUT2D eigenvalue weighted by atomic mass is 10.1. The summed E-state index contributed by atoms with van der Waals surface area (Å²) < 4.78 is 0. The number of rotatable bonds is 3. The number of hydrogen-bond acceptors (Lipinski definition) is 2. The maximum atomic E-state index is 12.0. The van der Waals surface area contributed by atoms with E-state index in [0.29, 0.717) is 13.0 Å². The Hall–Kier alpha value is -1.99. The fourth-order valence-electron chi connectivity index (χ4n) is 2.37. The van der Waals surface area contributed by atoms with E-state index in [4.69, 9.17) is 5.11 Å². The molecule has 0 spiro atoms. The number of carbonyl (C=O) groups excluding carboxylic acids is 1. The summed E-state index contributed by atoms with van der Waals surface area (Å²) in [5, 5.41) is 11.7. The number of piperidine rings is 1. The van der Waals surface area contributed by atoms with Crippen LogP contribution in [0.1, 0.15) is 36.8 Å². The van der Waals surface area contributed by atoms with Gasteiger partial charge < -0.3 is 15.3 Å². The first kappa shape index (κ1) is 15.4. The van der Waals surface area contributed by atoms with Crippen LogP contribution in [-0.2, 0) is 6.54 Å². The average molecular weight is 286 g/mol. The van der Waals surface area contributed by atoms with Crippen LogP contribution in [0.25, 0.3) is 0 Å². The highest BCUT2D eigenvalue weighted by atomic mass is 16.2. The van der Waals surface area contributed by atoms with Gasteiger partial charge in [-0.15, -0.1) is 0 Å². The van der Waals surface area contributed by atoms with E-state index in [1.165, 1.54) is 6.42 Å². The lowest BCUT2D eigenvalue weighted by molar-refractivity contribution is 0.186. The molecule has 0 radical (unpaired) electrons. The van der Waals surface area contributed by atoms with Crippen LogP contribution in [0, 0.1) is 11.8 Å². The first-order valence-corrected chi connectivity index (χ1v) is 7.51. The minimum Gasteiger partial charge on any atom is -0.395 e. The molecule has 2 N–H and O–H groups in total. The normalized spacial score (nSPS) is 14.2. The van der Waals surface area contributed by atoms with Gasteiger partial charge in [-0.05, 0) is 37.0 Å². The Morgan fingerprint density at radius 1 is 1.29 bits per heavy atom. The fourth-order valence-corrected chi connectivity index (χ4v) is 2.37. The van der Waals surface area contributed by atoms with Gasteiger partial charge in [0.25, 0.3) is 0 Å². The molecule has 1 aliphatic rings. The minimum atomic E-state index is 0.0199. The molecule has 1 aliphatic heterocycles. The predicted octanol–water partition coefficient (Wildman–Crippen LogP) is 2.12. The summed E-state index contributed by atoms with van der Waals surface area (Å²) in [6, 6.07) is 7.84. The highest BCUT2D eigenvalue weighted by Crippen LogP contribution is 2.09. The maximum absolute atomic E-state index is 12.0. The summed E-state index contributed by atoms with van der Waals surface area (Å²) >= 11 is 0. The predicted molar refractivity (Wildman–Crippen MR) is 82.7 cm³/mol. The highest BCUT2D eigenvalue weighted by molar-refractivity contribution is 5.74. The van der Waals surface area contributed by atoms with E-state index >= 15 is 0 Å². The van der Waals surface area contributed by atoms with Crippen LogP contribution >= 0.6 is 0 Å². The van der Waals surface area contributed by atoms with Crippen LogP contribution in [0.4, 0.5) is 4.79 Å². The van der Waals surface area contributed by atoms with Gasteiger partial charge in [0.15, 0.2) is 0 Å². The van der Waals surface area contributed by atoms with E-state index in [9.17, 15) is 4.79 Å². The van der Waals surface area contributed by atoms with Crippen molar-refractivity contribution in [1.82, 2.24) is 10.2 Å². The third kappa shape index (κ3) is 5.13. The molecule has 1 saturated heterocycles. The summed E-state index contributed by atoms with van der Waals surface area (Å²) in [5.74, 6) is 5.90. The summed E-state index contributed by atoms with van der Waals surface area (Å²) in [6.07, 6.45) is 3.90. The third-order valence-electron chi connectivity index (χ3n) is 3.48. The lowest BCUT2D eigenvalue weighted by Crippen LogP contribution is -2.42. The number of nitrogens with one attached hydrogen (secondary N) is 1. The van der Waals surface area contributed by atoms with Crippen LogP contribution in [0.2, 0.25) is 0 Å². The molecule has 2 rings (SSSR count). The molecular formula is C17H22N2O2. The van der Waals surface area contributed by atoms with E-state index in [2.05, 4.69) is 17.2 Å².